The predicted molar refractivity (Wildman–Crippen MR) is 84.2 cm³/mol. The Labute approximate surface area is 152 Å². The van der Waals surface area contributed by atoms with Crippen molar-refractivity contribution < 1.29 is 35.9 Å². The van der Waals surface area contributed by atoms with Crippen molar-refractivity contribution in [1.29, 1.82) is 0 Å². The first-order valence-corrected chi connectivity index (χ1v) is 10.2. The summed E-state index contributed by atoms with van der Waals surface area (Å²) >= 11 is -4.18. The summed E-state index contributed by atoms with van der Waals surface area (Å²) in [6.45, 7) is -0.107. The lowest BCUT2D eigenvalue weighted by molar-refractivity contribution is -0.165. The fourth-order valence-electron chi connectivity index (χ4n) is 5.30. The molecule has 0 aromatic carbocycles. The molecule has 4 fully saturated rings. The Morgan fingerprint density at radius 3 is 2.04 bits per heavy atom. The number of carbonyl (C=O) groups excluding carboxylic acids is 1. The van der Waals surface area contributed by atoms with Gasteiger partial charge in [-0.05, 0) is 68.6 Å². The van der Waals surface area contributed by atoms with Crippen LogP contribution in [-0.2, 0) is 20.6 Å². The van der Waals surface area contributed by atoms with E-state index >= 15 is 0 Å². The van der Waals surface area contributed by atoms with Crippen molar-refractivity contribution >= 4 is 17.0 Å². The Bertz CT molecular complexity index is 541. The van der Waals surface area contributed by atoms with E-state index in [1.807, 2.05) is 0 Å². The Morgan fingerprint density at radius 2 is 1.54 bits per heavy atom. The van der Waals surface area contributed by atoms with E-state index in [-0.39, 0.29) is 31.3 Å². The lowest BCUT2D eigenvalue weighted by Gasteiger charge is -2.53. The van der Waals surface area contributed by atoms with E-state index < -0.39 is 28.7 Å². The Kier molecular flexibility index (Phi) is 5.68. The van der Waals surface area contributed by atoms with Gasteiger partial charge in [0.15, 0.2) is 0 Å². The number of hydrogen-bond acceptors (Lipinski definition) is 4. The number of carbonyl (C=O) groups is 1. The van der Waals surface area contributed by atoms with E-state index in [2.05, 4.69) is 0 Å². The number of esters is 1. The van der Waals surface area contributed by atoms with Crippen LogP contribution in [0, 0.1) is 29.6 Å². The summed E-state index contributed by atoms with van der Waals surface area (Å²) in [6.07, 6.45) is 3.86. The summed E-state index contributed by atoms with van der Waals surface area (Å²) in [5.41, 5.74) is 0. The van der Waals surface area contributed by atoms with Gasteiger partial charge in [0.05, 0.1) is 12.5 Å². The third-order valence-corrected chi connectivity index (χ3v) is 6.98. The number of unbranched alkanes of at least 4 members (excludes halogenated alkanes) is 1. The number of alkyl halides is 4. The molecule has 0 radical (unpaired) electrons. The van der Waals surface area contributed by atoms with Crippen molar-refractivity contribution in [2.75, 3.05) is 6.61 Å². The van der Waals surface area contributed by atoms with Gasteiger partial charge in [0.2, 0.25) is 0 Å². The molecule has 0 saturated heterocycles. The second kappa shape index (κ2) is 7.37. The molecule has 0 amide bonds. The maximum Gasteiger partial charge on any atom is 0.371 e. The van der Waals surface area contributed by atoms with E-state index in [4.69, 9.17) is 4.74 Å². The number of rotatable bonds is 8. The van der Waals surface area contributed by atoms with Gasteiger partial charge in [0.1, 0.15) is 0 Å². The van der Waals surface area contributed by atoms with Crippen molar-refractivity contribution in [3.05, 3.63) is 0 Å². The average molecular weight is 399 g/mol. The van der Waals surface area contributed by atoms with E-state index in [0.29, 0.717) is 11.8 Å². The van der Waals surface area contributed by atoms with Crippen LogP contribution in [0.2, 0.25) is 0 Å². The van der Waals surface area contributed by atoms with Crippen molar-refractivity contribution in [2.24, 2.45) is 29.6 Å². The minimum atomic E-state index is -5.09. The Hall–Kier alpha value is -0.700. The summed E-state index contributed by atoms with van der Waals surface area (Å²) in [5.74, 6) is -2.89. The van der Waals surface area contributed by atoms with Crippen LogP contribution >= 0.6 is 0 Å². The molecule has 150 valence electrons. The molecular formula is C17H23F4O4S-. The summed E-state index contributed by atoms with van der Waals surface area (Å²) < 4.78 is 78.1. The van der Waals surface area contributed by atoms with Crippen LogP contribution in [0.15, 0.2) is 0 Å². The topological polar surface area (TPSA) is 66.4 Å². The second-order valence-corrected chi connectivity index (χ2v) is 9.02. The second-order valence-electron chi connectivity index (χ2n) is 8.04. The highest BCUT2D eigenvalue weighted by molar-refractivity contribution is 7.80. The first kappa shape index (κ1) is 20.0. The molecule has 0 aromatic heterocycles. The smallest absolute Gasteiger partial charge is 0.371 e. The average Bonchev–Trinajstić information content (AvgIpc) is 2.53. The van der Waals surface area contributed by atoms with Crippen LogP contribution in [0.1, 0.15) is 51.4 Å². The quantitative estimate of drug-likeness (QED) is 0.269. The monoisotopic (exact) mass is 399 g/mol. The molecule has 1 atom stereocenters. The molecule has 0 N–H and O–H groups in total. The third-order valence-electron chi connectivity index (χ3n) is 6.26. The zero-order valence-electron chi connectivity index (χ0n) is 14.3. The fourth-order valence-corrected chi connectivity index (χ4v) is 5.64. The molecule has 9 heteroatoms. The molecule has 4 saturated carbocycles. The van der Waals surface area contributed by atoms with E-state index in [0.717, 1.165) is 37.5 Å². The van der Waals surface area contributed by atoms with Crippen LogP contribution in [0.5, 0.6) is 0 Å². The van der Waals surface area contributed by atoms with Gasteiger partial charge >= 0.3 is 17.1 Å². The molecule has 0 heterocycles. The minimum absolute atomic E-state index is 0.00376. The maximum atomic E-state index is 13.3. The Morgan fingerprint density at radius 1 is 1.00 bits per heavy atom. The largest absolute Gasteiger partial charge is 0.768 e. The van der Waals surface area contributed by atoms with Crippen LogP contribution in [0.4, 0.5) is 17.6 Å². The van der Waals surface area contributed by atoms with Gasteiger partial charge in [0, 0.05) is 17.5 Å². The highest BCUT2D eigenvalue weighted by atomic mass is 32.2. The molecular weight excluding hydrogens is 376 g/mol. The van der Waals surface area contributed by atoms with E-state index in [1.54, 1.807) is 0 Å². The number of ether oxygens (including phenoxy) is 1. The summed E-state index contributed by atoms with van der Waals surface area (Å²) in [6, 6.07) is 0. The molecule has 26 heavy (non-hydrogen) atoms. The maximum absolute atomic E-state index is 13.3. The van der Waals surface area contributed by atoms with Crippen molar-refractivity contribution in [3.63, 3.8) is 0 Å². The van der Waals surface area contributed by atoms with Gasteiger partial charge in [-0.1, -0.05) is 0 Å². The summed E-state index contributed by atoms with van der Waals surface area (Å²) in [4.78, 5) is 12.4. The number of halogens is 4. The predicted octanol–water partition coefficient (Wildman–Crippen LogP) is 3.88. The molecule has 1 unspecified atom stereocenters. The van der Waals surface area contributed by atoms with Crippen LogP contribution < -0.4 is 0 Å². The van der Waals surface area contributed by atoms with Gasteiger partial charge in [-0.3, -0.25) is 9.00 Å². The SMILES string of the molecule is O=C(OCCCCC(F)(F)C(F)(F)S(=O)[O-])C1C2CC3CC(C2)CC1C3. The molecule has 4 aliphatic carbocycles. The zero-order chi connectivity index (χ0) is 19.1. The van der Waals surface area contributed by atoms with Crippen LogP contribution in [-0.4, -0.2) is 32.5 Å². The lowest BCUT2D eigenvalue weighted by Crippen LogP contribution is -2.48. The first-order chi connectivity index (χ1) is 12.1. The molecule has 0 aliphatic heterocycles. The van der Waals surface area contributed by atoms with Crippen LogP contribution in [0.25, 0.3) is 0 Å². The fraction of sp³-hybridized carbons (Fsp3) is 0.941. The molecule has 4 bridgehead atoms. The molecule has 0 aromatic rings. The summed E-state index contributed by atoms with van der Waals surface area (Å²) in [7, 11) is 0. The minimum Gasteiger partial charge on any atom is -0.768 e. The molecule has 4 nitrogen and oxygen atoms in total. The molecule has 4 rings (SSSR count). The zero-order valence-corrected chi connectivity index (χ0v) is 15.1. The van der Waals surface area contributed by atoms with Gasteiger partial charge in [-0.2, -0.15) is 17.6 Å². The van der Waals surface area contributed by atoms with E-state index in [1.165, 1.54) is 6.42 Å². The molecule has 0 spiro atoms. The van der Waals surface area contributed by atoms with Gasteiger partial charge in [0.25, 0.3) is 0 Å². The van der Waals surface area contributed by atoms with Gasteiger partial charge in [-0.15, -0.1) is 0 Å². The van der Waals surface area contributed by atoms with Gasteiger partial charge in [-0.25, -0.2) is 0 Å². The summed E-state index contributed by atoms with van der Waals surface area (Å²) in [5, 5.41) is -5.09. The number of hydrogen-bond donors (Lipinski definition) is 0. The first-order valence-electron chi connectivity index (χ1n) is 9.13. The highest BCUT2D eigenvalue weighted by Crippen LogP contribution is 2.56. The lowest BCUT2D eigenvalue weighted by atomic mass is 9.52. The van der Waals surface area contributed by atoms with E-state index in [9.17, 15) is 31.1 Å². The Balaban J connectivity index is 1.40. The highest BCUT2D eigenvalue weighted by Gasteiger charge is 2.57. The normalized spacial score (nSPS) is 34.7. The third kappa shape index (κ3) is 3.79. The van der Waals surface area contributed by atoms with Crippen molar-refractivity contribution in [3.8, 4) is 0 Å². The van der Waals surface area contributed by atoms with Crippen molar-refractivity contribution in [2.45, 2.75) is 62.5 Å². The van der Waals surface area contributed by atoms with Crippen LogP contribution in [0.3, 0.4) is 0 Å². The van der Waals surface area contributed by atoms with Gasteiger partial charge < -0.3 is 9.29 Å². The standard InChI is InChI=1S/C17H24F4O4S/c18-16(19,17(20,21)26(23)24)3-1-2-4-25-15(22)14-12-6-10-5-11(8-12)9-13(14)7-10/h10-14H,1-9H2,(H,23,24)/p-1. The molecule has 4 aliphatic rings. The van der Waals surface area contributed by atoms with Crippen molar-refractivity contribution in [1.82, 2.24) is 0 Å².